The van der Waals surface area contributed by atoms with E-state index in [4.69, 9.17) is 11.6 Å². The molecule has 0 saturated heterocycles. The minimum Gasteiger partial charge on any atom is -0.383 e. The molecule has 2 N–H and O–H groups in total. The molecular formula is C22H20ClN3O2. The molecule has 5 nitrogen and oxygen atoms in total. The lowest BCUT2D eigenvalue weighted by molar-refractivity contribution is 0.101. The van der Waals surface area contributed by atoms with Gasteiger partial charge in [0.25, 0.3) is 5.91 Å². The summed E-state index contributed by atoms with van der Waals surface area (Å²) < 4.78 is 0. The van der Waals surface area contributed by atoms with Crippen LogP contribution in [0, 0.1) is 0 Å². The lowest BCUT2D eigenvalue weighted by Gasteiger charge is -2.09. The summed E-state index contributed by atoms with van der Waals surface area (Å²) in [5, 5.41) is 6.78. The SMILES string of the molecule is CC(=O)c1cccc(NC(=O)c2cncc(NCCc3cccc(Cl)c3)c2)c1. The highest BCUT2D eigenvalue weighted by Gasteiger charge is 2.09. The van der Waals surface area contributed by atoms with Crippen LogP contribution in [0.3, 0.4) is 0 Å². The Bertz CT molecular complexity index is 1000. The first-order valence-corrected chi connectivity index (χ1v) is 9.25. The summed E-state index contributed by atoms with van der Waals surface area (Å²) in [6.45, 7) is 2.18. The van der Waals surface area contributed by atoms with E-state index in [1.807, 2.05) is 24.3 Å². The van der Waals surface area contributed by atoms with Crippen LogP contribution in [-0.2, 0) is 6.42 Å². The molecule has 142 valence electrons. The number of anilines is 2. The highest BCUT2D eigenvalue weighted by Crippen LogP contribution is 2.15. The second kappa shape index (κ2) is 9.15. The minimum absolute atomic E-state index is 0.0522. The zero-order valence-corrected chi connectivity index (χ0v) is 16.2. The summed E-state index contributed by atoms with van der Waals surface area (Å²) in [5.74, 6) is -0.338. The van der Waals surface area contributed by atoms with Crippen LogP contribution in [0.4, 0.5) is 11.4 Å². The van der Waals surface area contributed by atoms with E-state index in [-0.39, 0.29) is 11.7 Å². The largest absolute Gasteiger partial charge is 0.383 e. The zero-order valence-electron chi connectivity index (χ0n) is 15.4. The van der Waals surface area contributed by atoms with Crippen molar-refractivity contribution in [2.75, 3.05) is 17.2 Å². The zero-order chi connectivity index (χ0) is 19.9. The number of carbonyl (C=O) groups is 2. The molecular weight excluding hydrogens is 374 g/mol. The molecule has 0 radical (unpaired) electrons. The van der Waals surface area contributed by atoms with Crippen molar-refractivity contribution in [3.63, 3.8) is 0 Å². The van der Waals surface area contributed by atoms with E-state index < -0.39 is 0 Å². The normalized spacial score (nSPS) is 10.4. The molecule has 0 bridgehead atoms. The number of hydrogen-bond donors (Lipinski definition) is 2. The van der Waals surface area contributed by atoms with Crippen LogP contribution in [0.1, 0.15) is 33.2 Å². The van der Waals surface area contributed by atoms with E-state index in [2.05, 4.69) is 15.6 Å². The van der Waals surface area contributed by atoms with E-state index in [1.54, 1.807) is 36.5 Å². The molecule has 3 rings (SSSR count). The predicted molar refractivity (Wildman–Crippen MR) is 112 cm³/mol. The van der Waals surface area contributed by atoms with Crippen LogP contribution in [0.15, 0.2) is 67.0 Å². The maximum absolute atomic E-state index is 12.5. The van der Waals surface area contributed by atoms with Gasteiger partial charge in [-0.1, -0.05) is 35.9 Å². The quantitative estimate of drug-likeness (QED) is 0.563. The fraction of sp³-hybridized carbons (Fsp3) is 0.136. The number of hydrogen-bond acceptors (Lipinski definition) is 4. The van der Waals surface area contributed by atoms with Crippen molar-refractivity contribution in [2.45, 2.75) is 13.3 Å². The van der Waals surface area contributed by atoms with Gasteiger partial charge in [0.05, 0.1) is 11.3 Å². The summed E-state index contributed by atoms with van der Waals surface area (Å²) in [6, 6.07) is 16.3. The van der Waals surface area contributed by atoms with Crippen molar-refractivity contribution in [1.82, 2.24) is 4.98 Å². The van der Waals surface area contributed by atoms with Gasteiger partial charge in [0.1, 0.15) is 0 Å². The molecule has 0 aliphatic heterocycles. The van der Waals surface area contributed by atoms with Gasteiger partial charge in [-0.25, -0.2) is 0 Å². The third-order valence-electron chi connectivity index (χ3n) is 4.16. The second-order valence-corrected chi connectivity index (χ2v) is 6.80. The third-order valence-corrected chi connectivity index (χ3v) is 4.39. The van der Waals surface area contributed by atoms with E-state index >= 15 is 0 Å². The Labute approximate surface area is 168 Å². The van der Waals surface area contributed by atoms with Crippen LogP contribution < -0.4 is 10.6 Å². The lowest BCUT2D eigenvalue weighted by atomic mass is 10.1. The van der Waals surface area contributed by atoms with E-state index in [9.17, 15) is 9.59 Å². The van der Waals surface area contributed by atoms with Crippen LogP contribution in [-0.4, -0.2) is 23.2 Å². The maximum atomic E-state index is 12.5. The summed E-state index contributed by atoms with van der Waals surface area (Å²) in [4.78, 5) is 28.1. The molecule has 0 unspecified atom stereocenters. The molecule has 6 heteroatoms. The molecule has 0 aliphatic carbocycles. The number of nitrogens with zero attached hydrogens (tertiary/aromatic N) is 1. The summed E-state index contributed by atoms with van der Waals surface area (Å²) >= 11 is 6.00. The number of amides is 1. The van der Waals surface area contributed by atoms with Gasteiger partial charge in [-0.05, 0) is 49.2 Å². The van der Waals surface area contributed by atoms with Crippen LogP contribution in [0.5, 0.6) is 0 Å². The Morgan fingerprint density at radius 1 is 0.964 bits per heavy atom. The van der Waals surface area contributed by atoms with E-state index in [1.165, 1.54) is 13.1 Å². The fourth-order valence-corrected chi connectivity index (χ4v) is 2.94. The van der Waals surface area contributed by atoms with Gasteiger partial charge >= 0.3 is 0 Å². The number of ketones is 1. The molecule has 3 aromatic rings. The van der Waals surface area contributed by atoms with E-state index in [0.717, 1.165) is 17.7 Å². The van der Waals surface area contributed by atoms with Crippen LogP contribution in [0.2, 0.25) is 5.02 Å². The standard InChI is InChI=1S/C22H20ClN3O2/c1-15(27)17-5-3-7-20(11-17)26-22(28)18-12-21(14-24-13-18)25-9-8-16-4-2-6-19(23)10-16/h2-7,10-14,25H,8-9H2,1H3,(H,26,28). The molecule has 1 heterocycles. The predicted octanol–water partition coefficient (Wildman–Crippen LogP) is 4.84. The maximum Gasteiger partial charge on any atom is 0.257 e. The molecule has 1 aromatic heterocycles. The topological polar surface area (TPSA) is 71.1 Å². The Kier molecular flexibility index (Phi) is 6.40. The van der Waals surface area contributed by atoms with Gasteiger partial charge in [-0.15, -0.1) is 0 Å². The lowest BCUT2D eigenvalue weighted by Crippen LogP contribution is -2.13. The molecule has 0 atom stereocenters. The highest BCUT2D eigenvalue weighted by molar-refractivity contribution is 6.30. The number of halogens is 1. The third kappa shape index (κ3) is 5.41. The molecule has 1 amide bonds. The van der Waals surface area contributed by atoms with Gasteiger partial charge in [-0.2, -0.15) is 0 Å². The Morgan fingerprint density at radius 2 is 1.75 bits per heavy atom. The Balaban J connectivity index is 1.61. The van der Waals surface area contributed by atoms with Crippen molar-refractivity contribution in [2.24, 2.45) is 0 Å². The van der Waals surface area contributed by atoms with Crippen LogP contribution >= 0.6 is 11.6 Å². The summed E-state index contributed by atoms with van der Waals surface area (Å²) in [5.41, 5.74) is 3.43. The smallest absolute Gasteiger partial charge is 0.257 e. The number of aromatic nitrogens is 1. The number of carbonyl (C=O) groups excluding carboxylic acids is 2. The number of Topliss-reactive ketones (excluding diaryl/α,β-unsaturated/α-hetero) is 1. The van der Waals surface area contributed by atoms with Gasteiger partial charge < -0.3 is 10.6 Å². The summed E-state index contributed by atoms with van der Waals surface area (Å²) in [6.07, 6.45) is 3.98. The number of nitrogens with one attached hydrogen (secondary N) is 2. The van der Waals surface area contributed by atoms with Gasteiger partial charge in [-0.3, -0.25) is 14.6 Å². The van der Waals surface area contributed by atoms with Crippen molar-refractivity contribution >= 4 is 34.7 Å². The van der Waals surface area contributed by atoms with Crippen LogP contribution in [0.25, 0.3) is 0 Å². The highest BCUT2D eigenvalue weighted by atomic mass is 35.5. The second-order valence-electron chi connectivity index (χ2n) is 6.36. The monoisotopic (exact) mass is 393 g/mol. The molecule has 0 fully saturated rings. The first kappa shape index (κ1) is 19.6. The summed E-state index contributed by atoms with van der Waals surface area (Å²) in [7, 11) is 0. The van der Waals surface area contributed by atoms with Gasteiger partial charge in [0, 0.05) is 35.2 Å². The average molecular weight is 394 g/mol. The molecule has 0 aliphatic rings. The number of benzene rings is 2. The number of pyridine rings is 1. The van der Waals surface area contributed by atoms with Crippen molar-refractivity contribution in [3.05, 3.63) is 88.7 Å². The van der Waals surface area contributed by atoms with Gasteiger partial charge in [0.15, 0.2) is 5.78 Å². The average Bonchev–Trinajstić information content (AvgIpc) is 2.68. The minimum atomic E-state index is -0.285. The van der Waals surface area contributed by atoms with Gasteiger partial charge in [0.2, 0.25) is 0 Å². The molecule has 2 aromatic carbocycles. The first-order valence-electron chi connectivity index (χ1n) is 8.87. The Hall–Kier alpha value is -3.18. The van der Waals surface area contributed by atoms with E-state index in [0.29, 0.717) is 28.4 Å². The Morgan fingerprint density at radius 3 is 2.54 bits per heavy atom. The fourth-order valence-electron chi connectivity index (χ4n) is 2.72. The molecule has 0 spiro atoms. The van der Waals surface area contributed by atoms with Crippen molar-refractivity contribution < 1.29 is 9.59 Å². The molecule has 28 heavy (non-hydrogen) atoms. The first-order chi connectivity index (χ1) is 13.5. The van der Waals surface area contributed by atoms with Crippen molar-refractivity contribution in [3.8, 4) is 0 Å². The van der Waals surface area contributed by atoms with Crippen molar-refractivity contribution in [1.29, 1.82) is 0 Å². The number of rotatable bonds is 7. The molecule has 0 saturated carbocycles.